The number of halogens is 1. The minimum Gasteiger partial charge on any atom is -0.480 e. The first-order valence-electron chi connectivity index (χ1n) is 6.38. The van der Waals surface area contributed by atoms with Crippen molar-refractivity contribution in [2.45, 2.75) is 18.9 Å². The molecule has 0 saturated carbocycles. The largest absolute Gasteiger partial charge is 0.480 e. The van der Waals surface area contributed by atoms with Crippen LogP contribution < -0.4 is 11.3 Å². The summed E-state index contributed by atoms with van der Waals surface area (Å²) in [4.78, 5) is 27.7. The molecule has 0 spiro atoms. The van der Waals surface area contributed by atoms with Gasteiger partial charge in [-0.05, 0) is 24.6 Å². The minimum absolute atomic E-state index is 0.367. The lowest BCUT2D eigenvalue weighted by atomic mass is 10.1. The molecule has 21 heavy (non-hydrogen) atoms. The van der Waals surface area contributed by atoms with Gasteiger partial charge in [0.2, 0.25) is 0 Å². The fourth-order valence-corrected chi connectivity index (χ4v) is 2.74. The van der Waals surface area contributed by atoms with Crippen molar-refractivity contribution < 1.29 is 9.90 Å². The van der Waals surface area contributed by atoms with Gasteiger partial charge in [0.05, 0.1) is 5.69 Å². The molecule has 0 saturated heterocycles. The van der Waals surface area contributed by atoms with Gasteiger partial charge in [0.15, 0.2) is 0 Å². The first-order valence-corrected chi connectivity index (χ1v) is 6.76. The molecule has 7 heteroatoms. The number of nitrogen functional groups attached to an aromatic ring is 1. The highest BCUT2D eigenvalue weighted by atomic mass is 35.5. The van der Waals surface area contributed by atoms with E-state index in [9.17, 15) is 9.59 Å². The Labute approximate surface area is 124 Å². The van der Waals surface area contributed by atoms with Crippen LogP contribution in [0, 0.1) is 0 Å². The van der Waals surface area contributed by atoms with E-state index in [0.29, 0.717) is 40.6 Å². The predicted octanol–water partition coefficient (Wildman–Crippen LogP) is 1.72. The summed E-state index contributed by atoms with van der Waals surface area (Å²) in [6.45, 7) is 0. The smallest absolute Gasteiger partial charge is 0.326 e. The summed E-state index contributed by atoms with van der Waals surface area (Å²) in [5, 5.41) is 9.62. The zero-order chi connectivity index (χ0) is 15.1. The summed E-state index contributed by atoms with van der Waals surface area (Å²) >= 11 is 5.94. The Morgan fingerprint density at radius 2 is 2.19 bits per heavy atom. The highest BCUT2D eigenvalue weighted by molar-refractivity contribution is 6.31. The summed E-state index contributed by atoms with van der Waals surface area (Å²) in [5.41, 5.74) is 6.95. The number of carbonyl (C=O) groups is 1. The number of aliphatic carboxylic acids is 1. The van der Waals surface area contributed by atoms with Crippen LogP contribution in [0.25, 0.3) is 11.3 Å². The molecule has 1 atom stereocenters. The predicted molar refractivity (Wildman–Crippen MR) is 78.3 cm³/mol. The van der Waals surface area contributed by atoms with E-state index in [1.807, 2.05) is 0 Å². The van der Waals surface area contributed by atoms with Crippen molar-refractivity contribution in [3.05, 3.63) is 45.5 Å². The maximum atomic E-state index is 12.2. The first kappa shape index (κ1) is 13.6. The van der Waals surface area contributed by atoms with Crippen LogP contribution in [0.1, 0.15) is 18.3 Å². The number of hydrogen-bond donors (Lipinski definition) is 2. The number of aryl methyl sites for hydroxylation is 1. The number of carboxylic acids is 1. The SMILES string of the molecule is Nc1ccc(Cl)cc1-c1cc(=O)n2c(n1)CCC2C(=O)O. The average molecular weight is 306 g/mol. The van der Waals surface area contributed by atoms with E-state index in [2.05, 4.69) is 4.98 Å². The Kier molecular flexibility index (Phi) is 3.17. The molecular weight excluding hydrogens is 294 g/mol. The van der Waals surface area contributed by atoms with Crippen molar-refractivity contribution in [3.8, 4) is 11.3 Å². The lowest BCUT2D eigenvalue weighted by molar-refractivity contribution is -0.140. The Hall–Kier alpha value is -2.34. The number of nitrogens with two attached hydrogens (primary N) is 1. The van der Waals surface area contributed by atoms with E-state index in [0.717, 1.165) is 0 Å². The number of nitrogens with zero attached hydrogens (tertiary/aromatic N) is 2. The van der Waals surface area contributed by atoms with Gasteiger partial charge in [-0.25, -0.2) is 9.78 Å². The molecule has 1 unspecified atom stereocenters. The highest BCUT2D eigenvalue weighted by Crippen LogP contribution is 2.29. The monoisotopic (exact) mass is 305 g/mol. The minimum atomic E-state index is -1.02. The van der Waals surface area contributed by atoms with Crippen molar-refractivity contribution in [2.75, 3.05) is 5.73 Å². The Morgan fingerprint density at radius 1 is 1.43 bits per heavy atom. The number of fused-ring (bicyclic) bond motifs is 1. The average Bonchev–Trinajstić information content (AvgIpc) is 2.86. The van der Waals surface area contributed by atoms with Crippen LogP contribution in [-0.2, 0) is 11.2 Å². The number of hydrogen-bond acceptors (Lipinski definition) is 4. The third-order valence-electron chi connectivity index (χ3n) is 3.55. The fourth-order valence-electron chi connectivity index (χ4n) is 2.57. The molecule has 1 aromatic carbocycles. The first-order chi connectivity index (χ1) is 9.97. The van der Waals surface area contributed by atoms with Gasteiger partial charge in [-0.1, -0.05) is 11.6 Å². The Balaban J connectivity index is 2.16. The molecule has 6 nitrogen and oxygen atoms in total. The van der Waals surface area contributed by atoms with Crippen LogP contribution in [-0.4, -0.2) is 20.6 Å². The zero-order valence-corrected chi connectivity index (χ0v) is 11.7. The molecule has 3 N–H and O–H groups in total. The Morgan fingerprint density at radius 3 is 2.90 bits per heavy atom. The lowest BCUT2D eigenvalue weighted by Gasteiger charge is -2.11. The van der Waals surface area contributed by atoms with Gasteiger partial charge in [-0.3, -0.25) is 9.36 Å². The topological polar surface area (TPSA) is 98.2 Å². The van der Waals surface area contributed by atoms with Gasteiger partial charge in [-0.15, -0.1) is 0 Å². The summed E-state index contributed by atoms with van der Waals surface area (Å²) in [7, 11) is 0. The second-order valence-corrected chi connectivity index (χ2v) is 5.33. The second-order valence-electron chi connectivity index (χ2n) is 4.89. The third kappa shape index (κ3) is 2.27. The normalized spacial score (nSPS) is 16.7. The molecule has 1 aromatic heterocycles. The van der Waals surface area contributed by atoms with Crippen LogP contribution in [0.3, 0.4) is 0 Å². The number of benzene rings is 1. The highest BCUT2D eigenvalue weighted by Gasteiger charge is 2.30. The van der Waals surface area contributed by atoms with Crippen molar-refractivity contribution in [3.63, 3.8) is 0 Å². The van der Waals surface area contributed by atoms with Gasteiger partial charge in [0.25, 0.3) is 5.56 Å². The maximum absolute atomic E-state index is 12.2. The number of rotatable bonds is 2. The quantitative estimate of drug-likeness (QED) is 0.823. The third-order valence-corrected chi connectivity index (χ3v) is 3.79. The van der Waals surface area contributed by atoms with Crippen LogP contribution in [0.4, 0.5) is 5.69 Å². The van der Waals surface area contributed by atoms with Crippen LogP contribution in [0.5, 0.6) is 0 Å². The fraction of sp³-hybridized carbons (Fsp3) is 0.214. The molecule has 0 radical (unpaired) electrons. The Bertz CT molecular complexity index is 801. The molecule has 108 valence electrons. The molecule has 1 aliphatic heterocycles. The van der Waals surface area contributed by atoms with Gasteiger partial charge in [0.1, 0.15) is 11.9 Å². The van der Waals surface area contributed by atoms with Gasteiger partial charge < -0.3 is 10.8 Å². The number of carboxylic acid groups (broad SMARTS) is 1. The van der Waals surface area contributed by atoms with Crippen LogP contribution >= 0.6 is 11.6 Å². The molecule has 0 fully saturated rings. The van der Waals surface area contributed by atoms with E-state index in [4.69, 9.17) is 22.4 Å². The molecule has 0 aliphatic carbocycles. The number of anilines is 1. The molecule has 1 aliphatic rings. The molecule has 3 rings (SSSR count). The molecular formula is C14H12ClN3O3. The van der Waals surface area contributed by atoms with E-state index in [-0.39, 0.29) is 5.56 Å². The van der Waals surface area contributed by atoms with Crippen molar-refractivity contribution in [1.29, 1.82) is 0 Å². The standard InChI is InChI=1S/C14H12ClN3O3/c15-7-1-2-9(16)8(5-7)10-6-13(19)18-11(14(20)21)3-4-12(18)17-10/h1-2,5-6,11H,3-4,16H2,(H,20,21). The lowest BCUT2D eigenvalue weighted by Crippen LogP contribution is -2.28. The van der Waals surface area contributed by atoms with Crippen molar-refractivity contribution in [2.24, 2.45) is 0 Å². The molecule has 2 aromatic rings. The molecule has 2 heterocycles. The van der Waals surface area contributed by atoms with Crippen molar-refractivity contribution >= 4 is 23.3 Å². The van der Waals surface area contributed by atoms with Gasteiger partial charge >= 0.3 is 5.97 Å². The van der Waals surface area contributed by atoms with Crippen molar-refractivity contribution in [1.82, 2.24) is 9.55 Å². The summed E-state index contributed by atoms with van der Waals surface area (Å²) in [6.07, 6.45) is 0.812. The summed E-state index contributed by atoms with van der Waals surface area (Å²) in [6, 6.07) is 5.39. The second kappa shape index (κ2) is 4.89. The zero-order valence-electron chi connectivity index (χ0n) is 10.9. The van der Waals surface area contributed by atoms with E-state index in [1.165, 1.54) is 10.6 Å². The van der Waals surface area contributed by atoms with Crippen LogP contribution in [0.15, 0.2) is 29.1 Å². The van der Waals surface area contributed by atoms with E-state index < -0.39 is 12.0 Å². The van der Waals surface area contributed by atoms with E-state index in [1.54, 1.807) is 18.2 Å². The molecule has 0 bridgehead atoms. The maximum Gasteiger partial charge on any atom is 0.326 e. The number of aromatic nitrogens is 2. The summed E-state index contributed by atoms with van der Waals surface area (Å²) < 4.78 is 1.23. The summed E-state index contributed by atoms with van der Waals surface area (Å²) in [5.74, 6) is -0.558. The van der Waals surface area contributed by atoms with Crippen LogP contribution in [0.2, 0.25) is 5.02 Å². The molecule has 0 amide bonds. The van der Waals surface area contributed by atoms with Gasteiger partial charge in [-0.2, -0.15) is 0 Å². The van der Waals surface area contributed by atoms with Gasteiger partial charge in [0, 0.05) is 28.8 Å². The van der Waals surface area contributed by atoms with E-state index >= 15 is 0 Å².